The monoisotopic (exact) mass is 244 g/mol. The molecule has 0 spiro atoms. The van der Waals surface area contributed by atoms with Gasteiger partial charge in [0.2, 0.25) is 0 Å². The van der Waals surface area contributed by atoms with Crippen LogP contribution in [0.4, 0.5) is 0 Å². The highest BCUT2D eigenvalue weighted by atomic mass is 32.1. The molecule has 1 heterocycles. The molecule has 17 heavy (non-hydrogen) atoms. The third-order valence-electron chi connectivity index (χ3n) is 2.70. The number of hydrogen-bond donors (Lipinski definition) is 0. The Morgan fingerprint density at radius 1 is 1.24 bits per heavy atom. The minimum atomic E-state index is 0.213. The molecule has 0 unspecified atom stereocenters. The van der Waals surface area contributed by atoms with Crippen LogP contribution in [0.15, 0.2) is 41.8 Å². The summed E-state index contributed by atoms with van der Waals surface area (Å²) in [5.74, 6) is 0.213. The summed E-state index contributed by atoms with van der Waals surface area (Å²) < 4.78 is 0. The van der Waals surface area contributed by atoms with Gasteiger partial charge < -0.3 is 0 Å². The molecule has 0 aliphatic rings. The van der Waals surface area contributed by atoms with Crippen LogP contribution in [0, 0.1) is 0 Å². The average molecular weight is 244 g/mol. The number of hydrogen-bond acceptors (Lipinski definition) is 2. The van der Waals surface area contributed by atoms with Gasteiger partial charge in [0.25, 0.3) is 0 Å². The van der Waals surface area contributed by atoms with Gasteiger partial charge in [0, 0.05) is 16.9 Å². The van der Waals surface area contributed by atoms with Crippen LogP contribution in [0.1, 0.15) is 34.1 Å². The fourth-order valence-electron chi connectivity index (χ4n) is 1.86. The number of thiophene rings is 1. The Kier molecular flexibility index (Phi) is 4.10. The van der Waals surface area contributed by atoms with E-state index >= 15 is 0 Å². The van der Waals surface area contributed by atoms with Crippen molar-refractivity contribution < 1.29 is 4.79 Å². The highest BCUT2D eigenvalue weighted by Gasteiger charge is 2.08. The Morgan fingerprint density at radius 2 is 2.12 bits per heavy atom. The summed E-state index contributed by atoms with van der Waals surface area (Å²) in [5, 5.41) is 2.01. The number of benzene rings is 1. The topological polar surface area (TPSA) is 17.1 Å². The van der Waals surface area contributed by atoms with Gasteiger partial charge in [0.1, 0.15) is 0 Å². The molecule has 0 saturated carbocycles. The summed E-state index contributed by atoms with van der Waals surface area (Å²) in [6.45, 7) is 2.15. The van der Waals surface area contributed by atoms with Crippen LogP contribution in [0.2, 0.25) is 0 Å². The van der Waals surface area contributed by atoms with Gasteiger partial charge in [-0.05, 0) is 29.5 Å². The first-order valence-corrected chi connectivity index (χ1v) is 6.82. The first-order valence-electron chi connectivity index (χ1n) is 5.94. The number of carbonyl (C=O) groups is 1. The maximum atomic E-state index is 12.1. The molecule has 0 N–H and O–H groups in total. The summed E-state index contributed by atoms with van der Waals surface area (Å²) in [7, 11) is 0. The van der Waals surface area contributed by atoms with Gasteiger partial charge in [-0.2, -0.15) is 0 Å². The molecule has 0 bridgehead atoms. The lowest BCUT2D eigenvalue weighted by Gasteiger charge is -2.03. The van der Waals surface area contributed by atoms with E-state index in [0.717, 1.165) is 23.3 Å². The lowest BCUT2D eigenvalue weighted by Crippen LogP contribution is -2.02. The molecule has 2 rings (SSSR count). The Hall–Kier alpha value is -1.41. The lowest BCUT2D eigenvalue weighted by atomic mass is 10.0. The van der Waals surface area contributed by atoms with Crippen LogP contribution >= 0.6 is 11.3 Å². The van der Waals surface area contributed by atoms with Crippen molar-refractivity contribution in [1.29, 1.82) is 0 Å². The molecule has 0 atom stereocenters. The third-order valence-corrected chi connectivity index (χ3v) is 3.58. The molecule has 2 aromatic rings. The molecule has 88 valence electrons. The van der Waals surface area contributed by atoms with Crippen LogP contribution in [0.3, 0.4) is 0 Å². The number of rotatable bonds is 5. The maximum absolute atomic E-state index is 12.1. The largest absolute Gasteiger partial charge is 0.294 e. The number of Topliss-reactive ketones (excluding diaryl/α,β-unsaturated/α-hetero) is 1. The Labute approximate surface area is 106 Å². The van der Waals surface area contributed by atoms with Crippen molar-refractivity contribution in [3.05, 3.63) is 57.8 Å². The fourth-order valence-corrected chi connectivity index (χ4v) is 2.57. The Balaban J connectivity index is 2.11. The summed E-state index contributed by atoms with van der Waals surface area (Å²) in [4.78, 5) is 13.2. The molecular weight excluding hydrogens is 228 g/mol. The molecule has 0 aliphatic carbocycles. The van der Waals surface area contributed by atoms with Gasteiger partial charge in [-0.25, -0.2) is 0 Å². The van der Waals surface area contributed by atoms with E-state index in [1.165, 1.54) is 5.56 Å². The summed E-state index contributed by atoms with van der Waals surface area (Å²) in [6, 6.07) is 12.0. The summed E-state index contributed by atoms with van der Waals surface area (Å²) >= 11 is 1.64. The third kappa shape index (κ3) is 3.27. The van der Waals surface area contributed by atoms with E-state index in [9.17, 15) is 4.79 Å². The van der Waals surface area contributed by atoms with E-state index in [4.69, 9.17) is 0 Å². The molecule has 2 heteroatoms. The quantitative estimate of drug-likeness (QED) is 0.723. The van der Waals surface area contributed by atoms with Crippen LogP contribution < -0.4 is 0 Å². The number of ketones is 1. The number of aryl methyl sites for hydroxylation is 1. The molecule has 1 aromatic heterocycles. The van der Waals surface area contributed by atoms with Crippen molar-refractivity contribution in [3.63, 3.8) is 0 Å². The minimum Gasteiger partial charge on any atom is -0.294 e. The van der Waals surface area contributed by atoms with Crippen molar-refractivity contribution >= 4 is 17.1 Å². The van der Waals surface area contributed by atoms with E-state index in [2.05, 4.69) is 13.0 Å². The highest BCUT2D eigenvalue weighted by Crippen LogP contribution is 2.14. The van der Waals surface area contributed by atoms with E-state index in [0.29, 0.717) is 6.42 Å². The van der Waals surface area contributed by atoms with Crippen LogP contribution in [0.5, 0.6) is 0 Å². The smallest absolute Gasteiger partial charge is 0.168 e. The molecular formula is C15H16OS. The van der Waals surface area contributed by atoms with Gasteiger partial charge in [0.15, 0.2) is 5.78 Å². The first-order chi connectivity index (χ1) is 8.29. The van der Waals surface area contributed by atoms with Gasteiger partial charge in [0.05, 0.1) is 0 Å². The highest BCUT2D eigenvalue weighted by molar-refractivity contribution is 7.10. The van der Waals surface area contributed by atoms with Crippen molar-refractivity contribution in [2.45, 2.75) is 26.2 Å². The Morgan fingerprint density at radius 3 is 2.82 bits per heavy atom. The maximum Gasteiger partial charge on any atom is 0.168 e. The second-order valence-corrected chi connectivity index (χ2v) is 5.16. The second-order valence-electron chi connectivity index (χ2n) is 4.13. The standard InChI is InChI=1S/C15H16OS/c1-2-5-12-6-3-7-13(10-12)15(16)11-14-8-4-9-17-14/h3-4,6-10H,2,5,11H2,1H3. The first kappa shape index (κ1) is 12.1. The SMILES string of the molecule is CCCc1cccc(C(=O)Cc2cccs2)c1. The van der Waals surface area contributed by atoms with E-state index in [-0.39, 0.29) is 5.78 Å². The van der Waals surface area contributed by atoms with E-state index in [1.54, 1.807) is 11.3 Å². The minimum absolute atomic E-state index is 0.213. The molecule has 0 aliphatic heterocycles. The van der Waals surface area contributed by atoms with Crippen molar-refractivity contribution in [2.75, 3.05) is 0 Å². The van der Waals surface area contributed by atoms with Crippen LogP contribution in [-0.4, -0.2) is 5.78 Å². The van der Waals surface area contributed by atoms with Crippen LogP contribution in [0.25, 0.3) is 0 Å². The zero-order valence-electron chi connectivity index (χ0n) is 9.98. The normalized spacial score (nSPS) is 10.4. The van der Waals surface area contributed by atoms with E-state index in [1.807, 2.05) is 35.7 Å². The molecule has 0 amide bonds. The fraction of sp³-hybridized carbons (Fsp3) is 0.267. The average Bonchev–Trinajstić information content (AvgIpc) is 2.83. The van der Waals surface area contributed by atoms with Gasteiger partial charge in [-0.15, -0.1) is 11.3 Å². The van der Waals surface area contributed by atoms with Gasteiger partial charge in [-0.1, -0.05) is 37.6 Å². The second kappa shape index (κ2) is 5.78. The number of carbonyl (C=O) groups excluding carboxylic acids is 1. The summed E-state index contributed by atoms with van der Waals surface area (Å²) in [5.41, 5.74) is 2.09. The molecule has 0 fully saturated rings. The van der Waals surface area contributed by atoms with Gasteiger partial charge >= 0.3 is 0 Å². The molecule has 1 aromatic carbocycles. The van der Waals surface area contributed by atoms with Crippen molar-refractivity contribution in [3.8, 4) is 0 Å². The van der Waals surface area contributed by atoms with Crippen molar-refractivity contribution in [2.24, 2.45) is 0 Å². The molecule has 0 radical (unpaired) electrons. The Bertz CT molecular complexity index is 485. The molecule has 0 saturated heterocycles. The predicted octanol–water partition coefficient (Wildman–Crippen LogP) is 4.13. The van der Waals surface area contributed by atoms with Crippen LogP contribution in [-0.2, 0) is 12.8 Å². The van der Waals surface area contributed by atoms with Gasteiger partial charge in [-0.3, -0.25) is 4.79 Å². The molecule has 1 nitrogen and oxygen atoms in total. The lowest BCUT2D eigenvalue weighted by molar-refractivity contribution is 0.0993. The predicted molar refractivity (Wildman–Crippen MR) is 72.8 cm³/mol. The zero-order chi connectivity index (χ0) is 12.1. The van der Waals surface area contributed by atoms with E-state index < -0.39 is 0 Å². The van der Waals surface area contributed by atoms with Crippen molar-refractivity contribution in [1.82, 2.24) is 0 Å². The summed E-state index contributed by atoms with van der Waals surface area (Å²) in [6.07, 6.45) is 2.68. The zero-order valence-corrected chi connectivity index (χ0v) is 10.8.